The number of pyridine rings is 1. The van der Waals surface area contributed by atoms with Crippen LogP contribution < -0.4 is 11.1 Å². The summed E-state index contributed by atoms with van der Waals surface area (Å²) in [7, 11) is 0. The van der Waals surface area contributed by atoms with Gasteiger partial charge in [0, 0.05) is 36.2 Å². The van der Waals surface area contributed by atoms with E-state index in [4.69, 9.17) is 5.73 Å². The summed E-state index contributed by atoms with van der Waals surface area (Å²) in [5.74, 6) is 0.0729. The predicted molar refractivity (Wildman–Crippen MR) is 111 cm³/mol. The van der Waals surface area contributed by atoms with Crippen molar-refractivity contribution in [2.75, 3.05) is 18.4 Å². The van der Waals surface area contributed by atoms with E-state index in [2.05, 4.69) is 10.3 Å². The number of nitrogens with zero attached hydrogens (tertiary/aromatic N) is 2. The third-order valence-corrected chi connectivity index (χ3v) is 4.55. The molecule has 0 saturated carbocycles. The Hall–Kier alpha value is -2.15. The van der Waals surface area contributed by atoms with Crippen LogP contribution in [0.15, 0.2) is 48.8 Å². The number of hydrogen-bond donors (Lipinski definition) is 2. The molecule has 1 aliphatic rings. The van der Waals surface area contributed by atoms with Crippen LogP contribution in [-0.4, -0.2) is 40.8 Å². The first kappa shape index (κ1) is 22.9. The van der Waals surface area contributed by atoms with Gasteiger partial charge in [-0.3, -0.25) is 14.6 Å². The Kier molecular flexibility index (Phi) is 8.69. The number of aromatic nitrogens is 1. The molecule has 0 spiro atoms. The van der Waals surface area contributed by atoms with E-state index in [0.29, 0.717) is 35.8 Å². The topological polar surface area (TPSA) is 88.3 Å². The summed E-state index contributed by atoms with van der Waals surface area (Å²) in [6.45, 7) is 3.32. The smallest absolute Gasteiger partial charge is 0.257 e. The first-order chi connectivity index (χ1) is 12.1. The molecule has 2 amide bonds. The third-order valence-electron chi connectivity index (χ3n) is 4.55. The standard InChI is InChI=1S/C19H22N4O2.2ClH/c1-13-8-14(10-20)12-23(13)19(25)15-4-2-6-17(9-15)22-18(24)16-5-3-7-21-11-16;;/h2-7,9,11,13-14H,8,10,12,20H2,1H3,(H,22,24);2*1H. The Balaban J connectivity index is 0.00000182. The molecule has 2 heterocycles. The number of rotatable bonds is 4. The van der Waals surface area contributed by atoms with Gasteiger partial charge in [0.05, 0.1) is 5.56 Å². The van der Waals surface area contributed by atoms with Crippen molar-refractivity contribution in [2.24, 2.45) is 11.7 Å². The van der Waals surface area contributed by atoms with Crippen molar-refractivity contribution in [3.05, 3.63) is 59.9 Å². The molecule has 1 aromatic carbocycles. The molecule has 1 saturated heterocycles. The molecule has 146 valence electrons. The van der Waals surface area contributed by atoms with Crippen molar-refractivity contribution in [1.82, 2.24) is 9.88 Å². The van der Waals surface area contributed by atoms with Crippen molar-refractivity contribution >= 4 is 42.3 Å². The Morgan fingerprint density at radius 1 is 1.22 bits per heavy atom. The van der Waals surface area contributed by atoms with Gasteiger partial charge < -0.3 is 16.0 Å². The van der Waals surface area contributed by atoms with E-state index in [0.717, 1.165) is 6.42 Å². The molecule has 1 aliphatic heterocycles. The zero-order valence-corrected chi connectivity index (χ0v) is 16.6. The van der Waals surface area contributed by atoms with Gasteiger partial charge in [-0.25, -0.2) is 0 Å². The van der Waals surface area contributed by atoms with Crippen LogP contribution in [0, 0.1) is 5.92 Å². The van der Waals surface area contributed by atoms with Gasteiger partial charge in [-0.2, -0.15) is 0 Å². The molecule has 0 aliphatic carbocycles. The van der Waals surface area contributed by atoms with Gasteiger partial charge in [0.1, 0.15) is 0 Å². The number of halogens is 2. The molecule has 1 aromatic heterocycles. The van der Waals surface area contributed by atoms with E-state index in [1.54, 1.807) is 42.6 Å². The summed E-state index contributed by atoms with van der Waals surface area (Å²) in [4.78, 5) is 30.8. The molecule has 0 radical (unpaired) electrons. The Bertz CT molecular complexity index is 773. The normalized spacial score (nSPS) is 18.2. The van der Waals surface area contributed by atoms with Gasteiger partial charge in [-0.05, 0) is 56.1 Å². The van der Waals surface area contributed by atoms with Crippen LogP contribution in [0.2, 0.25) is 0 Å². The van der Waals surface area contributed by atoms with Crippen LogP contribution in [-0.2, 0) is 0 Å². The van der Waals surface area contributed by atoms with Gasteiger partial charge in [0.2, 0.25) is 0 Å². The summed E-state index contributed by atoms with van der Waals surface area (Å²) in [6, 6.07) is 10.6. The number of amides is 2. The fourth-order valence-corrected chi connectivity index (χ4v) is 3.19. The highest BCUT2D eigenvalue weighted by molar-refractivity contribution is 6.05. The summed E-state index contributed by atoms with van der Waals surface area (Å²) in [6.07, 6.45) is 4.05. The molecule has 3 rings (SSSR count). The highest BCUT2D eigenvalue weighted by Gasteiger charge is 2.32. The Morgan fingerprint density at radius 2 is 1.96 bits per heavy atom. The van der Waals surface area contributed by atoms with Crippen molar-refractivity contribution < 1.29 is 9.59 Å². The quantitative estimate of drug-likeness (QED) is 0.810. The first-order valence-electron chi connectivity index (χ1n) is 8.41. The molecule has 3 N–H and O–H groups in total. The third kappa shape index (κ3) is 5.42. The summed E-state index contributed by atoms with van der Waals surface area (Å²) in [5, 5.41) is 2.81. The lowest BCUT2D eigenvalue weighted by Gasteiger charge is -2.22. The maximum Gasteiger partial charge on any atom is 0.257 e. The maximum atomic E-state index is 12.8. The number of anilines is 1. The second kappa shape index (κ2) is 10.3. The SMILES string of the molecule is CC1CC(CN)CN1C(=O)c1cccc(NC(=O)c2cccnc2)c1.Cl.Cl. The lowest BCUT2D eigenvalue weighted by atomic mass is 10.1. The van der Waals surface area contributed by atoms with E-state index in [1.807, 2.05) is 11.8 Å². The minimum Gasteiger partial charge on any atom is -0.336 e. The number of likely N-dealkylation sites (tertiary alicyclic amines) is 1. The predicted octanol–water partition coefficient (Wildman–Crippen LogP) is 2.99. The van der Waals surface area contributed by atoms with E-state index in [9.17, 15) is 9.59 Å². The zero-order valence-electron chi connectivity index (χ0n) is 15.0. The van der Waals surface area contributed by atoms with E-state index >= 15 is 0 Å². The molecule has 2 atom stereocenters. The van der Waals surface area contributed by atoms with Gasteiger partial charge in [-0.15, -0.1) is 24.8 Å². The van der Waals surface area contributed by atoms with Crippen LogP contribution in [0.3, 0.4) is 0 Å². The molecule has 27 heavy (non-hydrogen) atoms. The summed E-state index contributed by atoms with van der Waals surface area (Å²) in [5.41, 5.74) is 7.36. The maximum absolute atomic E-state index is 12.8. The van der Waals surface area contributed by atoms with Gasteiger partial charge in [0.15, 0.2) is 0 Å². The summed E-state index contributed by atoms with van der Waals surface area (Å²) >= 11 is 0. The average molecular weight is 411 g/mol. The second-order valence-electron chi connectivity index (χ2n) is 6.42. The van der Waals surface area contributed by atoms with Crippen LogP contribution in [0.1, 0.15) is 34.1 Å². The van der Waals surface area contributed by atoms with Gasteiger partial charge >= 0.3 is 0 Å². The van der Waals surface area contributed by atoms with E-state index in [1.165, 1.54) is 6.20 Å². The molecule has 1 fully saturated rings. The minimum atomic E-state index is -0.254. The lowest BCUT2D eigenvalue weighted by Crippen LogP contribution is -2.34. The number of nitrogens with two attached hydrogens (primary N) is 1. The average Bonchev–Trinajstić information content (AvgIpc) is 3.03. The van der Waals surface area contributed by atoms with Crippen molar-refractivity contribution in [3.8, 4) is 0 Å². The van der Waals surface area contributed by atoms with Crippen molar-refractivity contribution in [1.29, 1.82) is 0 Å². The fourth-order valence-electron chi connectivity index (χ4n) is 3.19. The highest BCUT2D eigenvalue weighted by atomic mass is 35.5. The van der Waals surface area contributed by atoms with E-state index < -0.39 is 0 Å². The minimum absolute atomic E-state index is 0. The van der Waals surface area contributed by atoms with Crippen LogP contribution in [0.25, 0.3) is 0 Å². The highest BCUT2D eigenvalue weighted by Crippen LogP contribution is 2.25. The number of hydrogen-bond acceptors (Lipinski definition) is 4. The zero-order chi connectivity index (χ0) is 17.8. The monoisotopic (exact) mass is 410 g/mol. The number of nitrogens with one attached hydrogen (secondary N) is 1. The van der Waals surface area contributed by atoms with Crippen molar-refractivity contribution in [3.63, 3.8) is 0 Å². The first-order valence-corrected chi connectivity index (χ1v) is 8.41. The van der Waals surface area contributed by atoms with Crippen LogP contribution in [0.5, 0.6) is 0 Å². The summed E-state index contributed by atoms with van der Waals surface area (Å²) < 4.78 is 0. The largest absolute Gasteiger partial charge is 0.336 e. The molecular weight excluding hydrogens is 387 g/mol. The Morgan fingerprint density at radius 3 is 2.59 bits per heavy atom. The molecule has 8 heteroatoms. The Labute approximate surface area is 171 Å². The number of carbonyl (C=O) groups excluding carboxylic acids is 2. The van der Waals surface area contributed by atoms with Gasteiger partial charge in [-0.1, -0.05) is 6.07 Å². The molecule has 2 unspecified atom stereocenters. The molecule has 0 bridgehead atoms. The van der Waals surface area contributed by atoms with Crippen molar-refractivity contribution in [2.45, 2.75) is 19.4 Å². The molecular formula is C19H24Cl2N4O2. The molecule has 6 nitrogen and oxygen atoms in total. The number of carbonyl (C=O) groups is 2. The van der Waals surface area contributed by atoms with E-state index in [-0.39, 0.29) is 42.7 Å². The fraction of sp³-hybridized carbons (Fsp3) is 0.316. The second-order valence-corrected chi connectivity index (χ2v) is 6.42. The molecule has 2 aromatic rings. The van der Waals surface area contributed by atoms with Gasteiger partial charge in [0.25, 0.3) is 11.8 Å². The van der Waals surface area contributed by atoms with Crippen LogP contribution in [0.4, 0.5) is 5.69 Å². The lowest BCUT2D eigenvalue weighted by molar-refractivity contribution is 0.0743. The number of benzene rings is 1. The van der Waals surface area contributed by atoms with Crippen LogP contribution >= 0.6 is 24.8 Å².